The van der Waals surface area contributed by atoms with Gasteiger partial charge in [0.1, 0.15) is 0 Å². The van der Waals surface area contributed by atoms with E-state index in [1.807, 2.05) is 49.1 Å². The smallest absolute Gasteiger partial charge is 0.230 e. The molecular formula is C33H47N3O4S. The molecule has 3 aliphatic rings. The average molecular weight is 582 g/mol. The molecule has 0 saturated carbocycles. The Hall–Kier alpha value is -2.71. The van der Waals surface area contributed by atoms with E-state index < -0.39 is 9.84 Å². The summed E-state index contributed by atoms with van der Waals surface area (Å²) in [6, 6.07) is 17.1. The topological polar surface area (TPSA) is 78.0 Å². The molecule has 0 radical (unpaired) electrons. The summed E-state index contributed by atoms with van der Waals surface area (Å²) < 4.78 is 23.5. The first kappa shape index (κ1) is 31.2. The van der Waals surface area contributed by atoms with Crippen LogP contribution in [0.5, 0.6) is 0 Å². The van der Waals surface area contributed by atoms with Crippen molar-refractivity contribution in [3.63, 3.8) is 0 Å². The van der Waals surface area contributed by atoms with Gasteiger partial charge in [-0.2, -0.15) is 0 Å². The standard InChI is InChI=1S/C31H41N3O4S.C2H6/c1-39(37,38)27-12-10-25(11-13-27)24-34-23-17-31(30(34)36)15-21-32(22-16-31)20-14-28(26-8-4-2-5-9-26)29(35)33-18-6-3-7-19-33;1-2/h2,4-5,8-13,28H,3,6-7,14-24H2,1H3;1-2H3. The first-order chi connectivity index (χ1) is 19.7. The number of carbonyl (C=O) groups excluding carboxylic acids is 2. The summed E-state index contributed by atoms with van der Waals surface area (Å²) in [5.41, 5.74) is 1.77. The lowest BCUT2D eigenvalue weighted by Gasteiger charge is -2.38. The second kappa shape index (κ2) is 14.0. The molecule has 3 heterocycles. The lowest BCUT2D eigenvalue weighted by Crippen LogP contribution is -2.45. The zero-order valence-corrected chi connectivity index (χ0v) is 25.9. The van der Waals surface area contributed by atoms with Crippen LogP contribution in [0.25, 0.3) is 0 Å². The number of rotatable bonds is 8. The maximum absolute atomic E-state index is 13.5. The number of amides is 2. The zero-order valence-electron chi connectivity index (χ0n) is 25.1. The van der Waals surface area contributed by atoms with Crippen molar-refractivity contribution in [2.75, 3.05) is 45.5 Å². The lowest BCUT2D eigenvalue weighted by atomic mass is 9.77. The van der Waals surface area contributed by atoms with E-state index >= 15 is 0 Å². The molecule has 3 aliphatic heterocycles. The fourth-order valence-corrected chi connectivity index (χ4v) is 7.17. The van der Waals surface area contributed by atoms with Gasteiger partial charge in [-0.1, -0.05) is 56.3 Å². The van der Waals surface area contributed by atoms with Crippen LogP contribution in [0, 0.1) is 5.41 Å². The van der Waals surface area contributed by atoms with Gasteiger partial charge in [-0.3, -0.25) is 9.59 Å². The molecule has 2 aromatic carbocycles. The summed E-state index contributed by atoms with van der Waals surface area (Å²) in [4.78, 5) is 33.7. The Balaban J connectivity index is 0.00000189. The molecule has 8 heteroatoms. The number of piperidine rings is 2. The minimum absolute atomic E-state index is 0.113. The Bertz CT molecular complexity index is 1250. The van der Waals surface area contributed by atoms with Gasteiger partial charge in [-0.05, 0) is 87.8 Å². The molecule has 1 unspecified atom stereocenters. The van der Waals surface area contributed by atoms with Crippen LogP contribution in [-0.4, -0.2) is 80.5 Å². The molecule has 3 saturated heterocycles. The van der Waals surface area contributed by atoms with Crippen LogP contribution in [0.2, 0.25) is 0 Å². The summed E-state index contributed by atoms with van der Waals surface area (Å²) in [5.74, 6) is 0.384. The predicted molar refractivity (Wildman–Crippen MR) is 163 cm³/mol. The molecule has 0 N–H and O–H groups in total. The molecule has 0 bridgehead atoms. The van der Waals surface area contributed by atoms with Gasteiger partial charge in [-0.25, -0.2) is 8.42 Å². The largest absolute Gasteiger partial charge is 0.342 e. The van der Waals surface area contributed by atoms with Crippen molar-refractivity contribution in [2.45, 2.75) is 76.2 Å². The molecule has 41 heavy (non-hydrogen) atoms. The van der Waals surface area contributed by atoms with Gasteiger partial charge in [0.2, 0.25) is 11.8 Å². The number of hydrogen-bond acceptors (Lipinski definition) is 5. The van der Waals surface area contributed by atoms with E-state index in [1.165, 1.54) is 12.7 Å². The maximum Gasteiger partial charge on any atom is 0.230 e. The van der Waals surface area contributed by atoms with Crippen molar-refractivity contribution in [2.24, 2.45) is 5.41 Å². The second-order valence-electron chi connectivity index (χ2n) is 11.7. The van der Waals surface area contributed by atoms with Crippen LogP contribution in [0.3, 0.4) is 0 Å². The van der Waals surface area contributed by atoms with Crippen molar-refractivity contribution in [1.82, 2.24) is 14.7 Å². The summed E-state index contributed by atoms with van der Waals surface area (Å²) in [6.45, 7) is 9.62. The molecule has 0 aliphatic carbocycles. The van der Waals surface area contributed by atoms with Gasteiger partial charge >= 0.3 is 0 Å². The van der Waals surface area contributed by atoms with Crippen molar-refractivity contribution >= 4 is 21.7 Å². The van der Waals surface area contributed by atoms with E-state index in [-0.39, 0.29) is 23.1 Å². The minimum Gasteiger partial charge on any atom is -0.342 e. The SMILES string of the molecule is CC.CS(=O)(=O)c1ccc(CN2CCC3(CCN(CCC(C(=O)N4CCCCC4)c4ccccc4)CC3)C2=O)cc1. The fraction of sp³-hybridized carbons (Fsp3) is 0.576. The van der Waals surface area contributed by atoms with Gasteiger partial charge in [0, 0.05) is 32.4 Å². The predicted octanol–water partition coefficient (Wildman–Crippen LogP) is 5.12. The summed E-state index contributed by atoms with van der Waals surface area (Å²) in [5, 5.41) is 0. The first-order valence-corrected chi connectivity index (χ1v) is 17.3. The Kier molecular flexibility index (Phi) is 10.6. The van der Waals surface area contributed by atoms with Gasteiger partial charge < -0.3 is 14.7 Å². The Morgan fingerprint density at radius 3 is 2.07 bits per heavy atom. The summed E-state index contributed by atoms with van der Waals surface area (Å²) in [7, 11) is -3.23. The summed E-state index contributed by atoms with van der Waals surface area (Å²) in [6.07, 6.45) is 7.99. The molecule has 5 rings (SSSR count). The molecule has 7 nitrogen and oxygen atoms in total. The van der Waals surface area contributed by atoms with E-state index in [2.05, 4.69) is 21.9 Å². The highest BCUT2D eigenvalue weighted by Gasteiger charge is 2.48. The van der Waals surface area contributed by atoms with Gasteiger partial charge in [0.05, 0.1) is 16.2 Å². The van der Waals surface area contributed by atoms with E-state index in [0.29, 0.717) is 11.4 Å². The Morgan fingerprint density at radius 1 is 0.854 bits per heavy atom. The molecular weight excluding hydrogens is 534 g/mol. The zero-order chi connectivity index (χ0) is 29.5. The van der Waals surface area contributed by atoms with Crippen LogP contribution in [0.15, 0.2) is 59.5 Å². The van der Waals surface area contributed by atoms with Gasteiger partial charge in [-0.15, -0.1) is 0 Å². The van der Waals surface area contributed by atoms with Crippen molar-refractivity contribution in [1.29, 1.82) is 0 Å². The third-order valence-corrected chi connectivity index (χ3v) is 10.2. The maximum atomic E-state index is 13.5. The lowest BCUT2D eigenvalue weighted by molar-refractivity contribution is -0.138. The van der Waals surface area contributed by atoms with E-state index in [4.69, 9.17) is 0 Å². The third-order valence-electron chi connectivity index (χ3n) is 9.04. The molecule has 1 atom stereocenters. The number of hydrogen-bond donors (Lipinski definition) is 0. The number of sulfone groups is 1. The monoisotopic (exact) mass is 581 g/mol. The van der Waals surface area contributed by atoms with Crippen molar-refractivity contribution in [3.05, 3.63) is 65.7 Å². The van der Waals surface area contributed by atoms with Crippen LogP contribution < -0.4 is 0 Å². The highest BCUT2D eigenvalue weighted by atomic mass is 32.2. The highest BCUT2D eigenvalue weighted by Crippen LogP contribution is 2.42. The van der Waals surface area contributed by atoms with Gasteiger partial charge in [0.25, 0.3) is 0 Å². The van der Waals surface area contributed by atoms with Crippen LogP contribution >= 0.6 is 0 Å². The average Bonchev–Trinajstić information content (AvgIpc) is 3.29. The van der Waals surface area contributed by atoms with Crippen LogP contribution in [0.4, 0.5) is 0 Å². The van der Waals surface area contributed by atoms with E-state index in [9.17, 15) is 18.0 Å². The van der Waals surface area contributed by atoms with Crippen molar-refractivity contribution in [3.8, 4) is 0 Å². The second-order valence-corrected chi connectivity index (χ2v) is 13.7. The number of benzene rings is 2. The van der Waals surface area contributed by atoms with Crippen LogP contribution in [-0.2, 0) is 26.0 Å². The highest BCUT2D eigenvalue weighted by molar-refractivity contribution is 7.90. The quantitative estimate of drug-likeness (QED) is 0.433. The first-order valence-electron chi connectivity index (χ1n) is 15.4. The minimum atomic E-state index is -3.23. The summed E-state index contributed by atoms with van der Waals surface area (Å²) >= 11 is 0. The molecule has 3 fully saturated rings. The van der Waals surface area contributed by atoms with Crippen molar-refractivity contribution < 1.29 is 18.0 Å². The molecule has 0 aromatic heterocycles. The van der Waals surface area contributed by atoms with Crippen LogP contribution in [0.1, 0.15) is 75.8 Å². The molecule has 224 valence electrons. The normalized spacial score (nSPS) is 20.0. The third kappa shape index (κ3) is 7.58. The Labute approximate surface area is 246 Å². The fourth-order valence-electron chi connectivity index (χ4n) is 6.54. The molecule has 2 aromatic rings. The Morgan fingerprint density at radius 2 is 1.46 bits per heavy atom. The van der Waals surface area contributed by atoms with E-state index in [0.717, 1.165) is 88.9 Å². The molecule has 2 amide bonds. The number of nitrogens with zero attached hydrogens (tertiary/aromatic N) is 3. The van der Waals surface area contributed by atoms with E-state index in [1.54, 1.807) is 12.1 Å². The number of carbonyl (C=O) groups is 2. The number of likely N-dealkylation sites (tertiary alicyclic amines) is 3. The van der Waals surface area contributed by atoms with Gasteiger partial charge in [0.15, 0.2) is 9.84 Å². The molecule has 1 spiro atoms.